The monoisotopic (exact) mass is 506 g/mol. The molecule has 0 aromatic heterocycles. The van der Waals surface area contributed by atoms with E-state index in [1.807, 2.05) is 37.3 Å². The van der Waals surface area contributed by atoms with Crippen molar-refractivity contribution in [2.24, 2.45) is 0 Å². The number of cyclic esters (lactones) is 1. The number of carbonyl (C=O) groups is 2. The van der Waals surface area contributed by atoms with Crippen LogP contribution >= 0.6 is 0 Å². The summed E-state index contributed by atoms with van der Waals surface area (Å²) >= 11 is 0. The molecule has 0 aliphatic carbocycles. The lowest BCUT2D eigenvalue weighted by Crippen LogP contribution is -2.61. The number of carbonyl (C=O) groups excluding carboxylic acids is 2. The van der Waals surface area contributed by atoms with Gasteiger partial charge < -0.3 is 24.1 Å². The number of ether oxygens (including phenoxy) is 4. The summed E-state index contributed by atoms with van der Waals surface area (Å²) in [5.41, 5.74) is 1.22. The molecular formula is C28H30N2O7. The standard InChI is InChI=1S/C28H30N2O7/c1-18-25(20-8-6-5-7-9-20)37-28(33)30(29(18)2)27(32)26(36-23-16-14-22(35-4)15-17-23)24(31)19-10-12-21(34-3)13-11-19/h5-18,24-26,31H,1-4H3/t18-,24+,25-,26-/m0/s1. The molecule has 1 aliphatic rings. The van der Waals surface area contributed by atoms with Crippen molar-refractivity contribution in [3.63, 3.8) is 0 Å². The van der Waals surface area contributed by atoms with Gasteiger partial charge in [0.1, 0.15) is 29.5 Å². The lowest BCUT2D eigenvalue weighted by Gasteiger charge is -2.43. The molecule has 0 unspecified atom stereocenters. The van der Waals surface area contributed by atoms with Gasteiger partial charge in [-0.3, -0.25) is 4.79 Å². The van der Waals surface area contributed by atoms with E-state index in [2.05, 4.69) is 0 Å². The minimum Gasteiger partial charge on any atom is -0.497 e. The second kappa shape index (κ2) is 11.3. The first-order valence-electron chi connectivity index (χ1n) is 11.8. The number of likely N-dealkylation sites (N-methyl/N-ethyl adjacent to an activating group) is 1. The molecule has 1 saturated heterocycles. The SMILES string of the molecule is COc1ccc(O[C@H](C(=O)N2C(=O)O[C@H](c3ccccc3)[C@H](C)N2C)[C@H](O)c2ccc(OC)cc2)cc1. The highest BCUT2D eigenvalue weighted by atomic mass is 16.6. The van der Waals surface area contributed by atoms with Gasteiger partial charge in [-0.05, 0) is 54.4 Å². The zero-order valence-electron chi connectivity index (χ0n) is 21.1. The van der Waals surface area contributed by atoms with Crippen molar-refractivity contribution in [3.8, 4) is 17.2 Å². The van der Waals surface area contributed by atoms with Gasteiger partial charge in [0, 0.05) is 7.05 Å². The molecule has 3 aromatic rings. The molecule has 1 heterocycles. The van der Waals surface area contributed by atoms with E-state index in [1.165, 1.54) is 19.2 Å². The van der Waals surface area contributed by atoms with Crippen LogP contribution in [0.15, 0.2) is 78.9 Å². The molecule has 1 aliphatic heterocycles. The summed E-state index contributed by atoms with van der Waals surface area (Å²) in [4.78, 5) is 27.0. The first kappa shape index (κ1) is 26.0. The maximum absolute atomic E-state index is 13.8. The normalized spacial score (nSPS) is 19.5. The van der Waals surface area contributed by atoms with E-state index in [4.69, 9.17) is 18.9 Å². The van der Waals surface area contributed by atoms with Gasteiger partial charge in [-0.2, -0.15) is 5.01 Å². The first-order chi connectivity index (χ1) is 17.8. The summed E-state index contributed by atoms with van der Waals surface area (Å²) in [5, 5.41) is 13.7. The number of nitrogens with zero attached hydrogens (tertiary/aromatic N) is 2. The van der Waals surface area contributed by atoms with Crippen molar-refractivity contribution in [1.82, 2.24) is 10.0 Å². The minimum atomic E-state index is -1.46. The minimum absolute atomic E-state index is 0.315. The predicted molar refractivity (Wildman–Crippen MR) is 135 cm³/mol. The molecule has 9 nitrogen and oxygen atoms in total. The zero-order chi connectivity index (χ0) is 26.5. The summed E-state index contributed by atoms with van der Waals surface area (Å²) < 4.78 is 22.0. The molecule has 4 rings (SSSR count). The average molecular weight is 507 g/mol. The van der Waals surface area contributed by atoms with E-state index < -0.39 is 30.3 Å². The average Bonchev–Trinajstić information content (AvgIpc) is 2.94. The summed E-state index contributed by atoms with van der Waals surface area (Å²) in [6, 6.07) is 22.1. The van der Waals surface area contributed by atoms with Crippen molar-refractivity contribution in [2.45, 2.75) is 31.3 Å². The Morgan fingerprint density at radius 3 is 2.00 bits per heavy atom. The van der Waals surface area contributed by atoms with Crippen molar-refractivity contribution < 1.29 is 33.6 Å². The molecule has 194 valence electrons. The Labute approximate surface area is 215 Å². The Balaban J connectivity index is 1.64. The number of rotatable bonds is 8. The van der Waals surface area contributed by atoms with Crippen molar-refractivity contribution >= 4 is 12.0 Å². The molecule has 0 saturated carbocycles. The van der Waals surface area contributed by atoms with Gasteiger partial charge >= 0.3 is 6.09 Å². The smallest absolute Gasteiger partial charge is 0.432 e. The molecule has 0 spiro atoms. The maximum Gasteiger partial charge on any atom is 0.432 e. The highest BCUT2D eigenvalue weighted by molar-refractivity contribution is 5.95. The second-order valence-electron chi connectivity index (χ2n) is 8.61. The van der Waals surface area contributed by atoms with Crippen LogP contribution in [0.4, 0.5) is 4.79 Å². The summed E-state index contributed by atoms with van der Waals surface area (Å²) in [6.45, 7) is 1.85. The van der Waals surface area contributed by atoms with Gasteiger partial charge in [-0.25, -0.2) is 9.80 Å². The Kier molecular flexibility index (Phi) is 7.95. The van der Waals surface area contributed by atoms with Crippen molar-refractivity contribution in [1.29, 1.82) is 0 Å². The van der Waals surface area contributed by atoms with E-state index in [0.29, 0.717) is 22.8 Å². The molecule has 1 N–H and O–H groups in total. The number of hydrogen-bond donors (Lipinski definition) is 1. The molecule has 0 bridgehead atoms. The Bertz CT molecular complexity index is 1200. The Morgan fingerprint density at radius 1 is 0.892 bits per heavy atom. The lowest BCUT2D eigenvalue weighted by molar-refractivity contribution is -0.174. The molecular weight excluding hydrogens is 476 g/mol. The van der Waals surface area contributed by atoms with Crippen LogP contribution in [0.25, 0.3) is 0 Å². The third-order valence-corrected chi connectivity index (χ3v) is 6.39. The second-order valence-corrected chi connectivity index (χ2v) is 8.61. The van der Waals surface area contributed by atoms with Crippen LogP contribution < -0.4 is 14.2 Å². The van der Waals surface area contributed by atoms with Crippen LogP contribution in [0.2, 0.25) is 0 Å². The first-order valence-corrected chi connectivity index (χ1v) is 11.8. The van der Waals surface area contributed by atoms with Crippen molar-refractivity contribution in [3.05, 3.63) is 90.0 Å². The quantitative estimate of drug-likeness (QED) is 0.487. The molecule has 0 radical (unpaired) electrons. The maximum atomic E-state index is 13.8. The largest absolute Gasteiger partial charge is 0.497 e. The van der Waals surface area contributed by atoms with Crippen LogP contribution in [0.3, 0.4) is 0 Å². The van der Waals surface area contributed by atoms with Crippen LogP contribution in [0, 0.1) is 0 Å². The predicted octanol–water partition coefficient (Wildman–Crippen LogP) is 4.14. The van der Waals surface area contributed by atoms with Crippen LogP contribution in [-0.4, -0.2) is 60.5 Å². The topological polar surface area (TPSA) is 97.8 Å². The van der Waals surface area contributed by atoms with Crippen LogP contribution in [0.1, 0.15) is 30.3 Å². The fourth-order valence-electron chi connectivity index (χ4n) is 4.15. The lowest BCUT2D eigenvalue weighted by atomic mass is 10.0. The number of benzene rings is 3. The van der Waals surface area contributed by atoms with Crippen LogP contribution in [0.5, 0.6) is 17.2 Å². The van der Waals surface area contributed by atoms with E-state index >= 15 is 0 Å². The van der Waals surface area contributed by atoms with E-state index in [-0.39, 0.29) is 6.04 Å². The number of hydrazine groups is 1. The van der Waals surface area contributed by atoms with Gasteiger partial charge in [-0.1, -0.05) is 42.5 Å². The Hall–Kier alpha value is -4.08. The number of aliphatic hydroxyl groups is 1. The van der Waals surface area contributed by atoms with Gasteiger partial charge in [-0.15, -0.1) is 0 Å². The number of aliphatic hydroxyl groups excluding tert-OH is 1. The molecule has 4 atom stereocenters. The van der Waals surface area contributed by atoms with Gasteiger partial charge in [0.05, 0.1) is 20.3 Å². The fraction of sp³-hybridized carbons (Fsp3) is 0.286. The van der Waals surface area contributed by atoms with Crippen LogP contribution in [-0.2, 0) is 9.53 Å². The fourth-order valence-corrected chi connectivity index (χ4v) is 4.15. The van der Waals surface area contributed by atoms with E-state index in [9.17, 15) is 14.7 Å². The molecule has 3 aromatic carbocycles. The summed E-state index contributed by atoms with van der Waals surface area (Å²) in [7, 11) is 4.70. The number of amides is 2. The highest BCUT2D eigenvalue weighted by Gasteiger charge is 2.46. The zero-order valence-corrected chi connectivity index (χ0v) is 21.1. The number of imide groups is 1. The number of hydrogen-bond acceptors (Lipinski definition) is 8. The van der Waals surface area contributed by atoms with E-state index in [0.717, 1.165) is 10.6 Å². The molecule has 37 heavy (non-hydrogen) atoms. The third-order valence-electron chi connectivity index (χ3n) is 6.39. The summed E-state index contributed by atoms with van der Waals surface area (Å²) in [6.07, 6.45) is -4.29. The van der Waals surface area contributed by atoms with Gasteiger partial charge in [0.15, 0.2) is 0 Å². The van der Waals surface area contributed by atoms with Gasteiger partial charge in [0.25, 0.3) is 5.91 Å². The van der Waals surface area contributed by atoms with Gasteiger partial charge in [0.2, 0.25) is 6.10 Å². The third kappa shape index (κ3) is 5.52. The number of methoxy groups -OCH3 is 2. The summed E-state index contributed by atoms with van der Waals surface area (Å²) in [5.74, 6) is 0.737. The Morgan fingerprint density at radius 2 is 1.43 bits per heavy atom. The van der Waals surface area contributed by atoms with Crippen molar-refractivity contribution in [2.75, 3.05) is 21.3 Å². The van der Waals surface area contributed by atoms with E-state index in [1.54, 1.807) is 55.6 Å². The molecule has 9 heteroatoms. The molecule has 1 fully saturated rings. The molecule has 2 amide bonds. The highest BCUT2D eigenvalue weighted by Crippen LogP contribution is 2.33.